The van der Waals surface area contributed by atoms with E-state index in [-0.39, 0.29) is 6.10 Å². The predicted octanol–water partition coefficient (Wildman–Crippen LogP) is 0.239. The molecule has 0 saturated carbocycles. The second-order valence-corrected chi connectivity index (χ2v) is 2.58. The number of likely N-dealkylation sites (N-methyl/N-ethyl adjacent to an activating group) is 1. The molecule has 1 aliphatic rings. The first-order valence-electron chi connectivity index (χ1n) is 3.30. The quantitative estimate of drug-likeness (QED) is 0.471. The molecule has 52 valence electrons. The Balaban J connectivity index is 2.40. The zero-order valence-electron chi connectivity index (χ0n) is 5.75. The predicted molar refractivity (Wildman–Crippen MR) is 37.3 cm³/mol. The van der Waals surface area contributed by atoms with Crippen LogP contribution in [0.4, 0.5) is 0 Å². The fraction of sp³-hybridized carbons (Fsp3) is 0.714. The molecule has 2 heteroatoms. The monoisotopic (exact) mass is 127 g/mol. The van der Waals surface area contributed by atoms with Crippen LogP contribution in [-0.2, 0) is 0 Å². The van der Waals surface area contributed by atoms with E-state index in [4.69, 9.17) is 5.11 Å². The third kappa shape index (κ3) is 2.16. The van der Waals surface area contributed by atoms with Crippen molar-refractivity contribution < 1.29 is 5.11 Å². The number of aliphatic hydroxyl groups is 1. The van der Waals surface area contributed by atoms with Crippen LogP contribution in [0.2, 0.25) is 0 Å². The number of nitrogens with zero attached hydrogens (tertiary/aromatic N) is 1. The first kappa shape index (κ1) is 6.78. The standard InChI is InChI=1S/C7H13NO/c1-8-5-3-2-4-7(9)6-8/h2-3,7,9H,4-6H2,1H3. The SMILES string of the molecule is CN1CC=CCC(O)C1. The van der Waals surface area contributed by atoms with Crippen LogP contribution in [0.3, 0.4) is 0 Å². The zero-order chi connectivity index (χ0) is 6.69. The van der Waals surface area contributed by atoms with Gasteiger partial charge in [0.25, 0.3) is 0 Å². The Bertz CT molecular complexity index is 99.5. The van der Waals surface area contributed by atoms with E-state index in [0.717, 1.165) is 19.5 Å². The van der Waals surface area contributed by atoms with Crippen LogP contribution < -0.4 is 0 Å². The molecule has 0 fully saturated rings. The van der Waals surface area contributed by atoms with Gasteiger partial charge in [0.15, 0.2) is 0 Å². The fourth-order valence-electron chi connectivity index (χ4n) is 1.02. The Morgan fingerprint density at radius 2 is 2.33 bits per heavy atom. The summed E-state index contributed by atoms with van der Waals surface area (Å²) in [5.41, 5.74) is 0. The van der Waals surface area contributed by atoms with Gasteiger partial charge in [-0.3, -0.25) is 0 Å². The molecule has 0 aliphatic carbocycles. The van der Waals surface area contributed by atoms with E-state index in [1.165, 1.54) is 0 Å². The Hall–Kier alpha value is -0.340. The smallest absolute Gasteiger partial charge is 0.0701 e. The highest BCUT2D eigenvalue weighted by Gasteiger charge is 2.07. The molecule has 1 N–H and O–H groups in total. The van der Waals surface area contributed by atoms with Crippen molar-refractivity contribution in [3.05, 3.63) is 12.2 Å². The van der Waals surface area contributed by atoms with Crippen molar-refractivity contribution in [2.75, 3.05) is 20.1 Å². The molecule has 1 atom stereocenters. The summed E-state index contributed by atoms with van der Waals surface area (Å²) in [5.74, 6) is 0. The first-order valence-corrected chi connectivity index (χ1v) is 3.30. The summed E-state index contributed by atoms with van der Waals surface area (Å²) in [6.45, 7) is 1.77. The van der Waals surface area contributed by atoms with Crippen LogP contribution >= 0.6 is 0 Å². The molecule has 2 nitrogen and oxygen atoms in total. The summed E-state index contributed by atoms with van der Waals surface area (Å²) in [6, 6.07) is 0. The molecule has 0 aromatic rings. The van der Waals surface area contributed by atoms with Gasteiger partial charge >= 0.3 is 0 Å². The second-order valence-electron chi connectivity index (χ2n) is 2.58. The van der Waals surface area contributed by atoms with Crippen molar-refractivity contribution >= 4 is 0 Å². The molecule has 0 aromatic heterocycles. The number of hydrogen-bond acceptors (Lipinski definition) is 2. The summed E-state index contributed by atoms with van der Waals surface area (Å²) in [7, 11) is 2.01. The molecule has 1 unspecified atom stereocenters. The highest BCUT2D eigenvalue weighted by atomic mass is 16.3. The Labute approximate surface area is 55.8 Å². The van der Waals surface area contributed by atoms with Crippen LogP contribution in [-0.4, -0.2) is 36.2 Å². The van der Waals surface area contributed by atoms with Crippen molar-refractivity contribution in [3.8, 4) is 0 Å². The summed E-state index contributed by atoms with van der Waals surface area (Å²) >= 11 is 0. The number of rotatable bonds is 0. The minimum Gasteiger partial charge on any atom is -0.391 e. The van der Waals surface area contributed by atoms with Crippen LogP contribution in [0.15, 0.2) is 12.2 Å². The van der Waals surface area contributed by atoms with Gasteiger partial charge in [0.2, 0.25) is 0 Å². The summed E-state index contributed by atoms with van der Waals surface area (Å²) in [6.07, 6.45) is 4.78. The largest absolute Gasteiger partial charge is 0.391 e. The lowest BCUT2D eigenvalue weighted by Crippen LogP contribution is -2.26. The van der Waals surface area contributed by atoms with Gasteiger partial charge in [0.05, 0.1) is 6.10 Å². The maximum atomic E-state index is 9.17. The van der Waals surface area contributed by atoms with Crippen LogP contribution in [0, 0.1) is 0 Å². The Kier molecular flexibility index (Phi) is 2.25. The highest BCUT2D eigenvalue weighted by Crippen LogP contribution is 2.00. The van der Waals surface area contributed by atoms with Crippen molar-refractivity contribution in [3.63, 3.8) is 0 Å². The average Bonchev–Trinajstić information content (AvgIpc) is 1.93. The first-order chi connectivity index (χ1) is 4.29. The van der Waals surface area contributed by atoms with E-state index in [2.05, 4.69) is 11.0 Å². The van der Waals surface area contributed by atoms with Crippen LogP contribution in [0.1, 0.15) is 6.42 Å². The van der Waals surface area contributed by atoms with Crippen molar-refractivity contribution in [2.45, 2.75) is 12.5 Å². The van der Waals surface area contributed by atoms with Gasteiger partial charge in [0.1, 0.15) is 0 Å². The molecule has 0 radical (unpaired) electrons. The average molecular weight is 127 g/mol. The molecule has 0 bridgehead atoms. The molecular formula is C7H13NO. The molecule has 1 rings (SSSR count). The van der Waals surface area contributed by atoms with E-state index in [1.54, 1.807) is 0 Å². The third-order valence-electron chi connectivity index (χ3n) is 1.51. The Morgan fingerprint density at radius 3 is 3.11 bits per heavy atom. The second kappa shape index (κ2) is 2.99. The van der Waals surface area contributed by atoms with Gasteiger partial charge in [-0.15, -0.1) is 0 Å². The minimum absolute atomic E-state index is 0.159. The number of hydrogen-bond donors (Lipinski definition) is 1. The summed E-state index contributed by atoms with van der Waals surface area (Å²) in [4.78, 5) is 2.11. The van der Waals surface area contributed by atoms with E-state index in [9.17, 15) is 0 Å². The number of β-amino-alcohol motifs (C(OH)–C–C–N with tert-alkyl or cyclic N) is 1. The van der Waals surface area contributed by atoms with E-state index in [0.29, 0.717) is 0 Å². The Morgan fingerprint density at radius 1 is 1.56 bits per heavy atom. The van der Waals surface area contributed by atoms with Gasteiger partial charge in [0, 0.05) is 13.1 Å². The third-order valence-corrected chi connectivity index (χ3v) is 1.51. The molecule has 0 amide bonds. The maximum Gasteiger partial charge on any atom is 0.0701 e. The van der Waals surface area contributed by atoms with E-state index < -0.39 is 0 Å². The van der Waals surface area contributed by atoms with E-state index in [1.807, 2.05) is 13.1 Å². The molecule has 9 heavy (non-hydrogen) atoms. The zero-order valence-corrected chi connectivity index (χ0v) is 5.75. The lowest BCUT2D eigenvalue weighted by Gasteiger charge is -2.14. The van der Waals surface area contributed by atoms with E-state index >= 15 is 0 Å². The van der Waals surface area contributed by atoms with Gasteiger partial charge in [-0.25, -0.2) is 0 Å². The normalized spacial score (nSPS) is 30.2. The highest BCUT2D eigenvalue weighted by molar-refractivity contribution is 4.90. The minimum atomic E-state index is -0.159. The van der Waals surface area contributed by atoms with Crippen molar-refractivity contribution in [1.29, 1.82) is 0 Å². The van der Waals surface area contributed by atoms with Gasteiger partial charge in [-0.1, -0.05) is 12.2 Å². The van der Waals surface area contributed by atoms with Gasteiger partial charge in [-0.2, -0.15) is 0 Å². The van der Waals surface area contributed by atoms with Crippen molar-refractivity contribution in [2.24, 2.45) is 0 Å². The molecule has 0 spiro atoms. The van der Waals surface area contributed by atoms with Crippen LogP contribution in [0.25, 0.3) is 0 Å². The van der Waals surface area contributed by atoms with Gasteiger partial charge in [-0.05, 0) is 13.5 Å². The number of aliphatic hydroxyl groups excluding tert-OH is 1. The lowest BCUT2D eigenvalue weighted by molar-refractivity contribution is 0.138. The fourth-order valence-corrected chi connectivity index (χ4v) is 1.02. The summed E-state index contributed by atoms with van der Waals surface area (Å²) in [5, 5.41) is 9.17. The van der Waals surface area contributed by atoms with Crippen molar-refractivity contribution in [1.82, 2.24) is 4.90 Å². The topological polar surface area (TPSA) is 23.5 Å². The molecular weight excluding hydrogens is 114 g/mol. The van der Waals surface area contributed by atoms with Gasteiger partial charge < -0.3 is 10.0 Å². The maximum absolute atomic E-state index is 9.17. The van der Waals surface area contributed by atoms with Crippen LogP contribution in [0.5, 0.6) is 0 Å². The molecule has 1 aliphatic heterocycles. The molecule has 1 heterocycles. The molecule has 0 aromatic carbocycles. The molecule has 0 saturated heterocycles. The lowest BCUT2D eigenvalue weighted by atomic mass is 10.2. The summed E-state index contributed by atoms with van der Waals surface area (Å²) < 4.78 is 0.